The van der Waals surface area contributed by atoms with Crippen molar-refractivity contribution in [3.8, 4) is 0 Å². The van der Waals surface area contributed by atoms with E-state index < -0.39 is 21.7 Å². The fraction of sp³-hybridized carbons (Fsp3) is 0.316. The lowest BCUT2D eigenvalue weighted by atomic mass is 10.2. The Morgan fingerprint density at radius 3 is 2.31 bits per heavy atom. The number of benzene rings is 2. The average molecular weight is 462 g/mol. The second kappa shape index (κ2) is 10.4. The average Bonchev–Trinajstić information content (AvgIpc) is 2.69. The van der Waals surface area contributed by atoms with E-state index in [-0.39, 0.29) is 27.9 Å². The number of halogens is 3. The van der Waals surface area contributed by atoms with Crippen molar-refractivity contribution in [2.45, 2.75) is 4.90 Å². The lowest BCUT2D eigenvalue weighted by molar-refractivity contribution is 0.0941. The van der Waals surface area contributed by atoms with Crippen LogP contribution < -0.4 is 5.32 Å². The maximum absolute atomic E-state index is 13.8. The van der Waals surface area contributed by atoms with Crippen LogP contribution in [0.3, 0.4) is 0 Å². The molecule has 10 heteroatoms. The van der Waals surface area contributed by atoms with E-state index in [0.29, 0.717) is 39.3 Å². The highest BCUT2D eigenvalue weighted by molar-refractivity contribution is 7.89. The summed E-state index contributed by atoms with van der Waals surface area (Å²) in [6, 6.07) is 12.5. The number of rotatable bonds is 6. The van der Waals surface area contributed by atoms with Crippen molar-refractivity contribution in [1.29, 1.82) is 0 Å². The first kappa shape index (κ1) is 23.6. The third kappa shape index (κ3) is 5.67. The maximum atomic E-state index is 13.8. The molecule has 0 radical (unpaired) electrons. The molecule has 3 rings (SSSR count). The number of sulfonamides is 1. The second-order valence-corrected chi connectivity index (χ2v) is 8.76. The Balaban J connectivity index is 0.00000300. The van der Waals surface area contributed by atoms with E-state index in [1.54, 1.807) is 30.3 Å². The van der Waals surface area contributed by atoms with Crippen LogP contribution in [0.25, 0.3) is 0 Å². The van der Waals surface area contributed by atoms with Crippen LogP contribution in [0.5, 0.6) is 0 Å². The summed E-state index contributed by atoms with van der Waals surface area (Å²) in [5.41, 5.74) is -0.164. The number of amides is 1. The Morgan fingerprint density at radius 2 is 1.69 bits per heavy atom. The van der Waals surface area contributed by atoms with Gasteiger partial charge in [0.15, 0.2) is 0 Å². The number of nitrogens with zero attached hydrogens (tertiary/aromatic N) is 2. The van der Waals surface area contributed by atoms with Crippen LogP contribution in [-0.4, -0.2) is 62.8 Å². The Morgan fingerprint density at radius 1 is 1.03 bits per heavy atom. The molecule has 29 heavy (non-hydrogen) atoms. The minimum Gasteiger partial charge on any atom is -0.351 e. The quantitative estimate of drug-likeness (QED) is 0.717. The van der Waals surface area contributed by atoms with Crippen LogP contribution in [0.2, 0.25) is 5.02 Å². The van der Waals surface area contributed by atoms with E-state index in [1.807, 2.05) is 0 Å². The lowest BCUT2D eigenvalue weighted by Crippen LogP contribution is -2.50. The summed E-state index contributed by atoms with van der Waals surface area (Å²) < 4.78 is 40.5. The maximum Gasteiger partial charge on any atom is 0.255 e. The van der Waals surface area contributed by atoms with Gasteiger partial charge in [0.05, 0.1) is 15.5 Å². The van der Waals surface area contributed by atoms with Gasteiger partial charge in [0.25, 0.3) is 5.91 Å². The van der Waals surface area contributed by atoms with E-state index in [0.717, 1.165) is 0 Å². The van der Waals surface area contributed by atoms with E-state index in [1.165, 1.54) is 22.5 Å². The van der Waals surface area contributed by atoms with Crippen molar-refractivity contribution >= 4 is 39.9 Å². The molecule has 1 saturated heterocycles. The Kier molecular flexibility index (Phi) is 8.42. The summed E-state index contributed by atoms with van der Waals surface area (Å²) in [6.45, 7) is 2.73. The van der Waals surface area contributed by atoms with Gasteiger partial charge in [-0.1, -0.05) is 35.9 Å². The van der Waals surface area contributed by atoms with Crippen molar-refractivity contribution in [2.75, 3.05) is 39.3 Å². The fourth-order valence-corrected chi connectivity index (χ4v) is 4.76. The van der Waals surface area contributed by atoms with Gasteiger partial charge in [0.1, 0.15) is 5.82 Å². The van der Waals surface area contributed by atoms with Gasteiger partial charge in [-0.25, -0.2) is 12.8 Å². The summed E-state index contributed by atoms with van der Waals surface area (Å²) >= 11 is 5.89. The van der Waals surface area contributed by atoms with Gasteiger partial charge >= 0.3 is 0 Å². The molecule has 0 unspecified atom stereocenters. The molecule has 1 aliphatic heterocycles. The Labute approximate surface area is 181 Å². The standard InChI is InChI=1S/C19H21ClFN3O3S.ClH/c20-16-7-4-8-17(21)18(16)19(25)22-9-10-23-11-13-24(14-12-23)28(26,27)15-5-2-1-3-6-15;/h1-8H,9-14H2,(H,22,25);1H. The summed E-state index contributed by atoms with van der Waals surface area (Å²) in [7, 11) is -3.48. The Hall–Kier alpha value is -1.71. The van der Waals surface area contributed by atoms with Crippen LogP contribution in [0, 0.1) is 5.82 Å². The van der Waals surface area contributed by atoms with Crippen molar-refractivity contribution in [1.82, 2.24) is 14.5 Å². The molecule has 0 spiro atoms. The van der Waals surface area contributed by atoms with Crippen molar-refractivity contribution in [3.05, 3.63) is 64.9 Å². The molecule has 2 aromatic rings. The summed E-state index contributed by atoms with van der Waals surface area (Å²) in [6.07, 6.45) is 0. The van der Waals surface area contributed by atoms with E-state index >= 15 is 0 Å². The first-order valence-corrected chi connectivity index (χ1v) is 10.7. The van der Waals surface area contributed by atoms with E-state index in [2.05, 4.69) is 10.2 Å². The zero-order valence-electron chi connectivity index (χ0n) is 15.6. The molecule has 0 saturated carbocycles. The van der Waals surface area contributed by atoms with Crippen molar-refractivity contribution < 1.29 is 17.6 Å². The molecular formula is C19H22Cl2FN3O3S. The molecule has 0 aliphatic carbocycles. The topological polar surface area (TPSA) is 69.7 Å². The molecule has 0 aromatic heterocycles. The fourth-order valence-electron chi connectivity index (χ4n) is 3.07. The minimum absolute atomic E-state index is 0. The predicted octanol–water partition coefficient (Wildman–Crippen LogP) is 2.64. The summed E-state index contributed by atoms with van der Waals surface area (Å²) in [5, 5.41) is 2.73. The first-order chi connectivity index (χ1) is 13.4. The van der Waals surface area contributed by atoms with E-state index in [4.69, 9.17) is 11.6 Å². The number of piperazine rings is 1. The van der Waals surface area contributed by atoms with Crippen molar-refractivity contribution in [3.63, 3.8) is 0 Å². The molecule has 158 valence electrons. The van der Waals surface area contributed by atoms with Crippen LogP contribution >= 0.6 is 24.0 Å². The van der Waals surface area contributed by atoms with Gasteiger partial charge in [-0.2, -0.15) is 4.31 Å². The number of nitrogens with one attached hydrogen (secondary N) is 1. The minimum atomic E-state index is -3.48. The zero-order valence-corrected chi connectivity index (χ0v) is 17.9. The Bertz CT molecular complexity index is 917. The van der Waals surface area contributed by atoms with Crippen LogP contribution in [0.4, 0.5) is 4.39 Å². The molecule has 1 heterocycles. The molecule has 1 aliphatic rings. The van der Waals surface area contributed by atoms with Gasteiger partial charge in [-0.3, -0.25) is 9.69 Å². The summed E-state index contributed by atoms with van der Waals surface area (Å²) in [5.74, 6) is -1.22. The SMILES string of the molecule is Cl.O=C(NCCN1CCN(S(=O)(=O)c2ccccc2)CC1)c1c(F)cccc1Cl. The highest BCUT2D eigenvalue weighted by atomic mass is 35.5. The van der Waals surface area contributed by atoms with Gasteiger partial charge in [0, 0.05) is 39.3 Å². The van der Waals surface area contributed by atoms with Gasteiger partial charge < -0.3 is 5.32 Å². The molecule has 6 nitrogen and oxygen atoms in total. The van der Waals surface area contributed by atoms with Gasteiger partial charge in [0.2, 0.25) is 10.0 Å². The monoisotopic (exact) mass is 461 g/mol. The second-order valence-electron chi connectivity index (χ2n) is 6.41. The number of carbonyl (C=O) groups is 1. The van der Waals surface area contributed by atoms with Gasteiger partial charge in [-0.15, -0.1) is 12.4 Å². The molecule has 1 amide bonds. The van der Waals surface area contributed by atoms with Crippen LogP contribution in [-0.2, 0) is 10.0 Å². The highest BCUT2D eigenvalue weighted by Gasteiger charge is 2.28. The molecule has 1 N–H and O–H groups in total. The van der Waals surface area contributed by atoms with E-state index in [9.17, 15) is 17.6 Å². The third-order valence-electron chi connectivity index (χ3n) is 4.62. The number of hydrogen-bond donors (Lipinski definition) is 1. The predicted molar refractivity (Wildman–Crippen MR) is 113 cm³/mol. The first-order valence-electron chi connectivity index (χ1n) is 8.89. The number of hydrogen-bond acceptors (Lipinski definition) is 4. The van der Waals surface area contributed by atoms with Crippen LogP contribution in [0.1, 0.15) is 10.4 Å². The smallest absolute Gasteiger partial charge is 0.255 e. The number of carbonyl (C=O) groups excluding carboxylic acids is 1. The van der Waals surface area contributed by atoms with Crippen molar-refractivity contribution in [2.24, 2.45) is 0 Å². The molecule has 1 fully saturated rings. The highest BCUT2D eigenvalue weighted by Crippen LogP contribution is 2.19. The molecular weight excluding hydrogens is 440 g/mol. The largest absolute Gasteiger partial charge is 0.351 e. The van der Waals surface area contributed by atoms with Gasteiger partial charge in [-0.05, 0) is 24.3 Å². The molecule has 0 atom stereocenters. The zero-order chi connectivity index (χ0) is 20.1. The molecule has 2 aromatic carbocycles. The molecule has 0 bridgehead atoms. The summed E-state index contributed by atoms with van der Waals surface area (Å²) in [4.78, 5) is 14.5. The third-order valence-corrected chi connectivity index (χ3v) is 6.84. The van der Waals surface area contributed by atoms with Crippen LogP contribution in [0.15, 0.2) is 53.4 Å². The lowest BCUT2D eigenvalue weighted by Gasteiger charge is -2.33. The normalized spacial score (nSPS) is 15.5.